The number of fused-ring (bicyclic) bond motifs is 1. The first-order valence-corrected chi connectivity index (χ1v) is 16.5. The van der Waals surface area contributed by atoms with Crippen molar-refractivity contribution >= 4 is 57.7 Å². The van der Waals surface area contributed by atoms with E-state index in [1.54, 1.807) is 67.8 Å². The summed E-state index contributed by atoms with van der Waals surface area (Å²) in [5, 5.41) is 10.4. The fourth-order valence-electron chi connectivity index (χ4n) is 5.17. The normalized spacial score (nSPS) is 11.7. The predicted octanol–water partition coefficient (Wildman–Crippen LogP) is 8.73. The van der Waals surface area contributed by atoms with Crippen molar-refractivity contribution in [3.63, 3.8) is 0 Å². The van der Waals surface area contributed by atoms with E-state index in [1.165, 1.54) is 11.8 Å². The minimum absolute atomic E-state index is 0.0649. The lowest BCUT2D eigenvalue weighted by atomic mass is 10.1. The molecule has 0 radical (unpaired) electrons. The number of rotatable bonds is 11. The average Bonchev–Trinajstić information content (AvgIpc) is 3.15. The van der Waals surface area contributed by atoms with Crippen LogP contribution in [0.4, 0.5) is 11.4 Å². The first-order valence-electron chi connectivity index (χ1n) is 15.6. The molecule has 0 aliphatic heterocycles. The van der Waals surface area contributed by atoms with Crippen molar-refractivity contribution in [2.24, 2.45) is 0 Å². The quantitative estimate of drug-likeness (QED) is 0.0952. The summed E-state index contributed by atoms with van der Waals surface area (Å²) in [5.41, 5.74) is 3.28. The second kappa shape index (κ2) is 15.6. The van der Waals surface area contributed by atoms with Gasteiger partial charge in [-0.25, -0.2) is 0 Å². The number of hydrogen-bond acceptors (Lipinski definition) is 5. The van der Waals surface area contributed by atoms with Gasteiger partial charge < -0.3 is 20.7 Å². The summed E-state index contributed by atoms with van der Waals surface area (Å²) in [5.74, 6) is -0.434. The lowest BCUT2D eigenvalue weighted by Gasteiger charge is -2.18. The van der Waals surface area contributed by atoms with E-state index in [-0.39, 0.29) is 11.6 Å². The van der Waals surface area contributed by atoms with Crippen molar-refractivity contribution < 1.29 is 19.1 Å². The van der Waals surface area contributed by atoms with Gasteiger partial charge in [0.25, 0.3) is 11.8 Å². The molecule has 0 fully saturated rings. The molecule has 0 aliphatic carbocycles. The van der Waals surface area contributed by atoms with Crippen LogP contribution in [0.1, 0.15) is 26.7 Å². The van der Waals surface area contributed by atoms with Gasteiger partial charge in [0.15, 0.2) is 0 Å². The minimum atomic E-state index is -0.529. The van der Waals surface area contributed by atoms with Gasteiger partial charge in [0, 0.05) is 21.8 Å². The molecule has 7 nitrogen and oxygen atoms in total. The average molecular weight is 664 g/mol. The zero-order valence-corrected chi connectivity index (χ0v) is 27.4. The number of methoxy groups -OCH3 is 1. The summed E-state index contributed by atoms with van der Waals surface area (Å²) in [6.07, 6.45) is 1.60. The molecule has 1 atom stereocenters. The van der Waals surface area contributed by atoms with Crippen molar-refractivity contribution in [2.75, 3.05) is 17.7 Å². The fourth-order valence-corrected chi connectivity index (χ4v) is 6.19. The highest BCUT2D eigenvalue weighted by molar-refractivity contribution is 8.00. The number of benzene rings is 6. The van der Waals surface area contributed by atoms with Crippen LogP contribution in [-0.4, -0.2) is 24.8 Å². The molecule has 0 saturated heterocycles. The first-order chi connectivity index (χ1) is 23.9. The monoisotopic (exact) mass is 663 g/mol. The molecule has 0 saturated carbocycles. The zero-order chi connectivity index (χ0) is 34.0. The third kappa shape index (κ3) is 8.62. The zero-order valence-electron chi connectivity index (χ0n) is 26.6. The Kier molecular flexibility index (Phi) is 10.5. The second-order valence-electron chi connectivity index (χ2n) is 11.1. The number of carbonyl (C=O) groups is 3. The van der Waals surface area contributed by atoms with E-state index in [0.717, 1.165) is 26.9 Å². The number of ether oxygens (including phenoxy) is 1. The van der Waals surface area contributed by atoms with Crippen molar-refractivity contribution in [2.45, 2.75) is 10.1 Å². The van der Waals surface area contributed by atoms with Crippen molar-refractivity contribution in [3.8, 4) is 5.75 Å². The van der Waals surface area contributed by atoms with Gasteiger partial charge in [-0.05, 0) is 88.6 Å². The van der Waals surface area contributed by atoms with E-state index in [9.17, 15) is 14.4 Å². The van der Waals surface area contributed by atoms with Crippen LogP contribution in [-0.2, 0) is 9.59 Å². The van der Waals surface area contributed by atoms with Crippen LogP contribution in [0.15, 0.2) is 162 Å². The van der Waals surface area contributed by atoms with Crippen LogP contribution in [0.25, 0.3) is 16.8 Å². The van der Waals surface area contributed by atoms with Crippen molar-refractivity contribution in [1.82, 2.24) is 5.32 Å². The Morgan fingerprint density at radius 1 is 0.653 bits per heavy atom. The predicted molar refractivity (Wildman–Crippen MR) is 198 cm³/mol. The summed E-state index contributed by atoms with van der Waals surface area (Å²) in [4.78, 5) is 41.1. The molecule has 242 valence electrons. The lowest BCUT2D eigenvalue weighted by Crippen LogP contribution is -2.30. The summed E-state index contributed by atoms with van der Waals surface area (Å²) in [6, 6.07) is 46.6. The highest BCUT2D eigenvalue weighted by atomic mass is 32.2. The number of carbonyl (C=O) groups excluding carboxylic acids is 3. The third-order valence-electron chi connectivity index (χ3n) is 7.66. The molecular weight excluding hydrogens is 631 g/mol. The van der Waals surface area contributed by atoms with Gasteiger partial charge in [0.1, 0.15) is 16.7 Å². The van der Waals surface area contributed by atoms with E-state index in [1.807, 2.05) is 97.1 Å². The number of amides is 3. The highest BCUT2D eigenvalue weighted by Crippen LogP contribution is 2.37. The molecule has 8 heteroatoms. The Labute approximate surface area is 289 Å². The van der Waals surface area contributed by atoms with Crippen LogP contribution in [0.2, 0.25) is 0 Å². The SMILES string of the molecule is COc1cccc(/C=C(\NC(=O)c2ccccc2)C(=O)Nc2ccc(SC(C(=O)Nc3ccc4ccccc4c3)c3ccccc3)cc2)c1. The van der Waals surface area contributed by atoms with Gasteiger partial charge >= 0.3 is 0 Å². The van der Waals surface area contributed by atoms with E-state index in [0.29, 0.717) is 22.6 Å². The van der Waals surface area contributed by atoms with E-state index in [2.05, 4.69) is 16.0 Å². The Morgan fingerprint density at radius 2 is 1.33 bits per heavy atom. The summed E-state index contributed by atoms with van der Waals surface area (Å²) in [6.45, 7) is 0. The largest absolute Gasteiger partial charge is 0.497 e. The molecule has 6 aromatic rings. The molecule has 6 rings (SSSR count). The van der Waals surface area contributed by atoms with Crippen molar-refractivity contribution in [1.29, 1.82) is 0 Å². The molecule has 0 aliphatic rings. The summed E-state index contributed by atoms with van der Waals surface area (Å²) in [7, 11) is 1.56. The maximum Gasteiger partial charge on any atom is 0.272 e. The molecule has 3 amide bonds. The minimum Gasteiger partial charge on any atom is -0.497 e. The molecule has 49 heavy (non-hydrogen) atoms. The molecule has 0 bridgehead atoms. The summed E-state index contributed by atoms with van der Waals surface area (Å²) < 4.78 is 5.33. The molecule has 0 heterocycles. The van der Waals surface area contributed by atoms with E-state index in [4.69, 9.17) is 4.74 Å². The number of hydrogen-bond donors (Lipinski definition) is 3. The third-order valence-corrected chi connectivity index (χ3v) is 8.92. The molecule has 0 spiro atoms. The molecular formula is C41H33N3O4S. The van der Waals surface area contributed by atoms with Gasteiger partial charge in [-0.3, -0.25) is 14.4 Å². The van der Waals surface area contributed by atoms with E-state index < -0.39 is 17.1 Å². The Bertz CT molecular complexity index is 2120. The van der Waals surface area contributed by atoms with Gasteiger partial charge in [-0.2, -0.15) is 0 Å². The Balaban J connectivity index is 1.19. The topological polar surface area (TPSA) is 96.5 Å². The van der Waals surface area contributed by atoms with Gasteiger partial charge in [0.05, 0.1) is 7.11 Å². The number of thioether (sulfide) groups is 1. The van der Waals surface area contributed by atoms with Crippen LogP contribution >= 0.6 is 11.8 Å². The maximum absolute atomic E-state index is 13.7. The van der Waals surface area contributed by atoms with Gasteiger partial charge in [-0.15, -0.1) is 11.8 Å². The van der Waals surface area contributed by atoms with E-state index >= 15 is 0 Å². The number of nitrogens with one attached hydrogen (secondary N) is 3. The second-order valence-corrected chi connectivity index (χ2v) is 12.3. The molecule has 3 N–H and O–H groups in total. The lowest BCUT2D eigenvalue weighted by molar-refractivity contribution is -0.116. The number of anilines is 2. The van der Waals surface area contributed by atoms with Crippen LogP contribution < -0.4 is 20.7 Å². The van der Waals surface area contributed by atoms with Gasteiger partial charge in [-0.1, -0.05) is 91.0 Å². The first kappa shape index (κ1) is 32.8. The van der Waals surface area contributed by atoms with Crippen LogP contribution in [0, 0.1) is 0 Å². The maximum atomic E-state index is 13.7. The molecule has 6 aromatic carbocycles. The Morgan fingerprint density at radius 3 is 2.06 bits per heavy atom. The molecule has 1 unspecified atom stereocenters. The smallest absolute Gasteiger partial charge is 0.272 e. The van der Waals surface area contributed by atoms with Crippen LogP contribution in [0.3, 0.4) is 0 Å². The highest BCUT2D eigenvalue weighted by Gasteiger charge is 2.23. The fraction of sp³-hybridized carbons (Fsp3) is 0.0488. The Hall–Kier alpha value is -6.12. The summed E-state index contributed by atoms with van der Waals surface area (Å²) >= 11 is 1.41. The molecule has 0 aromatic heterocycles. The standard InChI is InChI=1S/C41H33N3O4S/c1-48-35-18-10-11-28(25-35)26-37(44-39(45)31-15-6-3-7-16-31)40(46)42-33-21-23-36(24-22-33)49-38(30-13-4-2-5-14-30)41(47)43-34-20-19-29-12-8-9-17-32(29)27-34/h2-27,38H,1H3,(H,42,46)(H,43,47)(H,44,45)/b37-26-. The van der Waals surface area contributed by atoms with Crippen molar-refractivity contribution in [3.05, 3.63) is 174 Å². The van der Waals surface area contributed by atoms with Gasteiger partial charge in [0.2, 0.25) is 5.91 Å². The van der Waals surface area contributed by atoms with Crippen LogP contribution in [0.5, 0.6) is 5.75 Å².